The lowest BCUT2D eigenvalue weighted by Gasteiger charge is -2.24. The van der Waals surface area contributed by atoms with Crippen molar-refractivity contribution < 1.29 is 32.3 Å². The largest absolute Gasteiger partial charge is 0.573 e. The smallest absolute Gasteiger partial charge is 0.406 e. The maximum absolute atomic E-state index is 12.8. The molecule has 1 aromatic carbocycles. The van der Waals surface area contributed by atoms with Crippen LogP contribution >= 0.6 is 0 Å². The van der Waals surface area contributed by atoms with Crippen molar-refractivity contribution in [1.82, 2.24) is 15.1 Å². The number of hydrogen-bond donors (Lipinski definition) is 1. The number of amides is 4. The predicted octanol–water partition coefficient (Wildman–Crippen LogP) is 2.55. The van der Waals surface area contributed by atoms with Crippen LogP contribution in [0.2, 0.25) is 0 Å². The third kappa shape index (κ3) is 4.95. The Bertz CT molecular complexity index is 813. The van der Waals surface area contributed by atoms with Gasteiger partial charge in [0.2, 0.25) is 5.91 Å². The van der Waals surface area contributed by atoms with E-state index in [0.29, 0.717) is 0 Å². The molecule has 0 aliphatic carbocycles. The Morgan fingerprint density at radius 1 is 1.21 bits per heavy atom. The summed E-state index contributed by atoms with van der Waals surface area (Å²) in [5.41, 5.74) is -1.29. The molecule has 29 heavy (non-hydrogen) atoms. The SMILES string of the molecule is C=CCN(CC=C)C(=O)CN1C(=O)NC(C)(c2ccc(OC(F)(F)F)cc2)C1=O. The Morgan fingerprint density at radius 3 is 2.24 bits per heavy atom. The van der Waals surface area contributed by atoms with Crippen LogP contribution in [0.4, 0.5) is 18.0 Å². The highest BCUT2D eigenvalue weighted by molar-refractivity contribution is 6.09. The molecule has 10 heteroatoms. The molecular formula is C19H20F3N3O4. The predicted molar refractivity (Wildman–Crippen MR) is 97.7 cm³/mol. The second-order valence-corrected chi connectivity index (χ2v) is 6.39. The second-order valence-electron chi connectivity index (χ2n) is 6.39. The molecule has 1 aliphatic heterocycles. The van der Waals surface area contributed by atoms with Gasteiger partial charge in [0.05, 0.1) is 0 Å². The van der Waals surface area contributed by atoms with Gasteiger partial charge in [-0.3, -0.25) is 14.5 Å². The first-order valence-electron chi connectivity index (χ1n) is 8.51. The minimum Gasteiger partial charge on any atom is -0.406 e. The van der Waals surface area contributed by atoms with Crippen molar-refractivity contribution in [2.75, 3.05) is 19.6 Å². The van der Waals surface area contributed by atoms with Crippen LogP contribution in [-0.4, -0.2) is 53.6 Å². The van der Waals surface area contributed by atoms with E-state index in [2.05, 4.69) is 23.2 Å². The van der Waals surface area contributed by atoms with Crippen LogP contribution < -0.4 is 10.1 Å². The summed E-state index contributed by atoms with van der Waals surface area (Å²) in [5.74, 6) is -1.64. The number of nitrogens with one attached hydrogen (secondary N) is 1. The fourth-order valence-corrected chi connectivity index (χ4v) is 2.85. The van der Waals surface area contributed by atoms with E-state index in [9.17, 15) is 27.6 Å². The molecule has 2 rings (SSSR count). The van der Waals surface area contributed by atoms with Gasteiger partial charge >= 0.3 is 12.4 Å². The van der Waals surface area contributed by atoms with Gasteiger partial charge in [-0.1, -0.05) is 24.3 Å². The molecule has 1 aromatic rings. The number of urea groups is 1. The number of benzene rings is 1. The Hall–Kier alpha value is -3.30. The highest BCUT2D eigenvalue weighted by Gasteiger charge is 2.49. The molecular weight excluding hydrogens is 391 g/mol. The zero-order valence-corrected chi connectivity index (χ0v) is 15.7. The summed E-state index contributed by atoms with van der Waals surface area (Å²) in [6, 6.07) is 3.78. The van der Waals surface area contributed by atoms with Gasteiger partial charge in [-0.2, -0.15) is 0 Å². The van der Waals surface area contributed by atoms with E-state index in [-0.39, 0.29) is 18.7 Å². The zero-order valence-electron chi connectivity index (χ0n) is 15.7. The minimum absolute atomic E-state index is 0.215. The molecule has 0 spiro atoms. The number of halogens is 3. The Kier molecular flexibility index (Phi) is 6.35. The lowest BCUT2D eigenvalue weighted by molar-refractivity contribution is -0.274. The normalized spacial score (nSPS) is 19.0. The summed E-state index contributed by atoms with van der Waals surface area (Å²) < 4.78 is 40.7. The molecule has 1 aliphatic rings. The van der Waals surface area contributed by atoms with Crippen LogP contribution in [0.25, 0.3) is 0 Å². The maximum Gasteiger partial charge on any atom is 0.573 e. The van der Waals surface area contributed by atoms with Crippen molar-refractivity contribution in [3.8, 4) is 5.75 Å². The second kappa shape index (κ2) is 8.38. The quantitative estimate of drug-likeness (QED) is 0.527. The Labute approximate surface area is 165 Å². The number of carbonyl (C=O) groups is 3. The van der Waals surface area contributed by atoms with Gasteiger partial charge in [0, 0.05) is 13.1 Å². The van der Waals surface area contributed by atoms with Crippen molar-refractivity contribution in [3.05, 3.63) is 55.1 Å². The first-order valence-corrected chi connectivity index (χ1v) is 8.51. The van der Waals surface area contributed by atoms with E-state index in [1.165, 1.54) is 36.1 Å². The Balaban J connectivity index is 2.19. The number of nitrogens with zero attached hydrogens (tertiary/aromatic N) is 2. The van der Waals surface area contributed by atoms with Crippen molar-refractivity contribution in [2.45, 2.75) is 18.8 Å². The van der Waals surface area contributed by atoms with Crippen molar-refractivity contribution in [1.29, 1.82) is 0 Å². The van der Waals surface area contributed by atoms with Crippen LogP contribution in [0.5, 0.6) is 5.75 Å². The highest BCUT2D eigenvalue weighted by atomic mass is 19.4. The lowest BCUT2D eigenvalue weighted by atomic mass is 9.92. The molecule has 0 saturated carbocycles. The third-order valence-electron chi connectivity index (χ3n) is 4.29. The maximum atomic E-state index is 12.8. The number of ether oxygens (including phenoxy) is 1. The van der Waals surface area contributed by atoms with Crippen molar-refractivity contribution in [3.63, 3.8) is 0 Å². The van der Waals surface area contributed by atoms with Gasteiger partial charge in [-0.15, -0.1) is 26.3 Å². The average Bonchev–Trinajstić information content (AvgIpc) is 2.84. The van der Waals surface area contributed by atoms with Gasteiger partial charge in [0.25, 0.3) is 5.91 Å². The molecule has 1 heterocycles. The molecule has 1 saturated heterocycles. The van der Waals surface area contributed by atoms with E-state index in [4.69, 9.17) is 0 Å². The molecule has 7 nitrogen and oxygen atoms in total. The molecule has 1 unspecified atom stereocenters. The molecule has 0 aromatic heterocycles. The lowest BCUT2D eigenvalue weighted by Crippen LogP contribution is -2.44. The van der Waals surface area contributed by atoms with E-state index in [1.807, 2.05) is 0 Å². The standard InChI is InChI=1S/C19H20F3N3O4/c1-4-10-24(11-5-2)15(26)12-25-16(27)18(3,23-17(25)28)13-6-8-14(9-7-13)29-19(20,21)22/h4-9H,1-2,10-12H2,3H3,(H,23,28). The number of alkyl halides is 3. The van der Waals surface area contributed by atoms with E-state index < -0.39 is 42.0 Å². The van der Waals surface area contributed by atoms with Crippen LogP contribution in [0.3, 0.4) is 0 Å². The van der Waals surface area contributed by atoms with Gasteiger partial charge in [-0.25, -0.2) is 4.79 Å². The third-order valence-corrected chi connectivity index (χ3v) is 4.29. The summed E-state index contributed by atoms with van der Waals surface area (Å²) in [4.78, 5) is 39.7. The highest BCUT2D eigenvalue weighted by Crippen LogP contribution is 2.31. The molecule has 156 valence electrons. The topological polar surface area (TPSA) is 79.0 Å². The van der Waals surface area contributed by atoms with Crippen LogP contribution in [0, 0.1) is 0 Å². The van der Waals surface area contributed by atoms with Crippen molar-refractivity contribution in [2.24, 2.45) is 0 Å². The number of hydrogen-bond acceptors (Lipinski definition) is 4. The molecule has 4 amide bonds. The van der Waals surface area contributed by atoms with Crippen LogP contribution in [-0.2, 0) is 15.1 Å². The Morgan fingerprint density at radius 2 is 1.76 bits per heavy atom. The summed E-state index contributed by atoms with van der Waals surface area (Å²) in [6.07, 6.45) is -1.84. The molecule has 0 radical (unpaired) electrons. The van der Waals surface area contributed by atoms with Gasteiger partial charge in [0.15, 0.2) is 0 Å². The molecule has 1 atom stereocenters. The van der Waals surface area contributed by atoms with E-state index in [1.54, 1.807) is 0 Å². The van der Waals surface area contributed by atoms with Crippen LogP contribution in [0.15, 0.2) is 49.6 Å². The molecule has 0 bridgehead atoms. The van der Waals surface area contributed by atoms with Crippen LogP contribution in [0.1, 0.15) is 12.5 Å². The fraction of sp³-hybridized carbons (Fsp3) is 0.316. The summed E-state index contributed by atoms with van der Waals surface area (Å²) >= 11 is 0. The number of imide groups is 1. The zero-order chi connectivity index (χ0) is 21.8. The van der Waals surface area contributed by atoms with Crippen molar-refractivity contribution >= 4 is 17.8 Å². The van der Waals surface area contributed by atoms with Gasteiger partial charge in [0.1, 0.15) is 17.8 Å². The van der Waals surface area contributed by atoms with Gasteiger partial charge in [-0.05, 0) is 24.6 Å². The minimum atomic E-state index is -4.84. The summed E-state index contributed by atoms with van der Waals surface area (Å²) in [6.45, 7) is 8.45. The van der Waals surface area contributed by atoms with Gasteiger partial charge < -0.3 is 15.0 Å². The molecule has 1 fully saturated rings. The molecule has 1 N–H and O–H groups in total. The summed E-state index contributed by atoms with van der Waals surface area (Å²) in [7, 11) is 0. The van der Waals surface area contributed by atoms with E-state index in [0.717, 1.165) is 17.0 Å². The average molecular weight is 411 g/mol. The summed E-state index contributed by atoms with van der Waals surface area (Å²) in [5, 5.41) is 2.49. The number of carbonyl (C=O) groups excluding carboxylic acids is 3. The van der Waals surface area contributed by atoms with E-state index >= 15 is 0 Å². The fourth-order valence-electron chi connectivity index (χ4n) is 2.85. The number of rotatable bonds is 8. The first kappa shape index (κ1) is 22.0. The first-order chi connectivity index (χ1) is 13.5. The monoisotopic (exact) mass is 411 g/mol.